The number of carboxylic acid groups (broad SMARTS) is 1. The summed E-state index contributed by atoms with van der Waals surface area (Å²) < 4.78 is 10.8. The van der Waals surface area contributed by atoms with Crippen molar-refractivity contribution in [3.63, 3.8) is 0 Å². The second-order valence-corrected chi connectivity index (χ2v) is 6.53. The third kappa shape index (κ3) is 4.38. The van der Waals surface area contributed by atoms with Crippen molar-refractivity contribution in [3.05, 3.63) is 59.8 Å². The number of para-hydroxylation sites is 1. The van der Waals surface area contributed by atoms with Crippen LogP contribution in [0.1, 0.15) is 12.5 Å². The highest BCUT2D eigenvalue weighted by Crippen LogP contribution is 2.32. The van der Waals surface area contributed by atoms with E-state index in [1.165, 1.54) is 4.90 Å². The molecule has 1 N–H and O–H groups in total. The molecule has 7 nitrogen and oxygen atoms in total. The van der Waals surface area contributed by atoms with Gasteiger partial charge in [0.05, 0.1) is 12.3 Å². The number of carbonyl (C=O) groups is 2. The number of ether oxygens (including phenoxy) is 2. The Morgan fingerprint density at radius 1 is 1.14 bits per heavy atom. The van der Waals surface area contributed by atoms with Gasteiger partial charge in [-0.3, -0.25) is 9.69 Å². The summed E-state index contributed by atoms with van der Waals surface area (Å²) in [6.07, 6.45) is 1.71. The Labute approximate surface area is 173 Å². The Bertz CT molecular complexity index is 974. The zero-order valence-electron chi connectivity index (χ0n) is 16.0. The number of amides is 1. The summed E-state index contributed by atoms with van der Waals surface area (Å²) >= 11 is 5.45. The van der Waals surface area contributed by atoms with Crippen molar-refractivity contribution in [2.75, 3.05) is 25.2 Å². The number of benzene rings is 2. The van der Waals surface area contributed by atoms with Crippen LogP contribution in [0.25, 0.3) is 6.08 Å². The van der Waals surface area contributed by atoms with E-state index in [9.17, 15) is 9.59 Å². The fraction of sp³-hybridized carbons (Fsp3) is 0.190. The van der Waals surface area contributed by atoms with Crippen LogP contribution in [0.2, 0.25) is 0 Å². The molecule has 0 bridgehead atoms. The first-order valence-electron chi connectivity index (χ1n) is 8.92. The number of hydrogen-bond donors (Lipinski definition) is 1. The lowest BCUT2D eigenvalue weighted by atomic mass is 10.1. The lowest BCUT2D eigenvalue weighted by molar-refractivity contribution is -0.139. The molecule has 1 aliphatic rings. The first-order chi connectivity index (χ1) is 13.9. The maximum Gasteiger partial charge on any atom is 0.341 e. The van der Waals surface area contributed by atoms with E-state index < -0.39 is 12.6 Å². The minimum atomic E-state index is -1.08. The number of likely N-dealkylation sites (N-methyl/N-ethyl adjacent to an activating group) is 1. The van der Waals surface area contributed by atoms with Gasteiger partial charge in [0.2, 0.25) is 0 Å². The fourth-order valence-corrected chi connectivity index (χ4v) is 3.15. The quantitative estimate of drug-likeness (QED) is 0.553. The Morgan fingerprint density at radius 3 is 2.52 bits per heavy atom. The number of rotatable bonds is 7. The molecule has 8 heteroatoms. The molecular formula is C21H20N2O5S. The highest BCUT2D eigenvalue weighted by Gasteiger charge is 2.36. The second-order valence-electron chi connectivity index (χ2n) is 6.17. The molecule has 1 fully saturated rings. The minimum absolute atomic E-state index is 0.229. The Hall–Kier alpha value is -3.39. The van der Waals surface area contributed by atoms with Crippen LogP contribution in [-0.4, -0.2) is 47.3 Å². The lowest BCUT2D eigenvalue weighted by Crippen LogP contribution is -2.30. The molecule has 1 heterocycles. The third-order valence-corrected chi connectivity index (χ3v) is 4.65. The minimum Gasteiger partial charge on any atom is -0.490 e. The van der Waals surface area contributed by atoms with E-state index in [1.807, 2.05) is 37.3 Å². The zero-order chi connectivity index (χ0) is 21.0. The number of anilines is 1. The van der Waals surface area contributed by atoms with Crippen molar-refractivity contribution in [3.8, 4) is 11.5 Å². The van der Waals surface area contributed by atoms with Gasteiger partial charge in [-0.25, -0.2) is 4.79 Å². The van der Waals surface area contributed by atoms with Crippen LogP contribution in [0.3, 0.4) is 0 Å². The summed E-state index contributed by atoms with van der Waals surface area (Å²) in [5.41, 5.74) is 1.81. The lowest BCUT2D eigenvalue weighted by Gasteiger charge is -2.16. The molecule has 0 saturated carbocycles. The van der Waals surface area contributed by atoms with Gasteiger partial charge in [-0.15, -0.1) is 0 Å². The van der Waals surface area contributed by atoms with Crippen molar-refractivity contribution in [2.24, 2.45) is 0 Å². The monoisotopic (exact) mass is 412 g/mol. The highest BCUT2D eigenvalue weighted by molar-refractivity contribution is 7.80. The number of hydrogen-bond acceptors (Lipinski definition) is 5. The van der Waals surface area contributed by atoms with Crippen LogP contribution >= 0.6 is 12.2 Å². The largest absolute Gasteiger partial charge is 0.490 e. The Morgan fingerprint density at radius 2 is 1.86 bits per heavy atom. The van der Waals surface area contributed by atoms with Crippen LogP contribution < -0.4 is 14.4 Å². The van der Waals surface area contributed by atoms with E-state index in [0.717, 1.165) is 0 Å². The molecule has 0 unspecified atom stereocenters. The van der Waals surface area contributed by atoms with E-state index in [4.69, 9.17) is 26.8 Å². The molecule has 150 valence electrons. The van der Waals surface area contributed by atoms with Crippen LogP contribution in [0, 0.1) is 0 Å². The molecule has 1 aliphatic heterocycles. The van der Waals surface area contributed by atoms with E-state index in [2.05, 4.69) is 0 Å². The van der Waals surface area contributed by atoms with Crippen molar-refractivity contribution in [2.45, 2.75) is 6.92 Å². The summed E-state index contributed by atoms with van der Waals surface area (Å²) in [4.78, 5) is 26.9. The molecule has 0 atom stereocenters. The molecule has 0 aliphatic carbocycles. The molecule has 1 saturated heterocycles. The Kier molecular flexibility index (Phi) is 6.13. The van der Waals surface area contributed by atoms with Gasteiger partial charge in [0.15, 0.2) is 23.2 Å². The predicted molar refractivity (Wildman–Crippen MR) is 113 cm³/mol. The normalized spacial score (nSPS) is 15.2. The maximum absolute atomic E-state index is 13.0. The molecule has 3 rings (SSSR count). The summed E-state index contributed by atoms with van der Waals surface area (Å²) in [7, 11) is 1.74. The van der Waals surface area contributed by atoms with Gasteiger partial charge in [0.25, 0.3) is 5.91 Å². The molecule has 0 aromatic heterocycles. The van der Waals surface area contributed by atoms with Crippen LogP contribution in [-0.2, 0) is 9.59 Å². The van der Waals surface area contributed by atoms with Gasteiger partial charge in [-0.1, -0.05) is 24.3 Å². The molecule has 0 radical (unpaired) electrons. The number of aliphatic carboxylic acids is 1. The molecule has 2 aromatic rings. The van der Waals surface area contributed by atoms with Crippen LogP contribution in [0.4, 0.5) is 5.69 Å². The first-order valence-corrected chi connectivity index (χ1v) is 9.33. The van der Waals surface area contributed by atoms with Gasteiger partial charge >= 0.3 is 5.97 Å². The average Bonchev–Trinajstić information content (AvgIpc) is 2.91. The van der Waals surface area contributed by atoms with E-state index in [-0.39, 0.29) is 5.91 Å². The molecule has 0 spiro atoms. The third-order valence-electron chi connectivity index (χ3n) is 4.20. The Balaban J connectivity index is 1.92. The topological polar surface area (TPSA) is 79.3 Å². The van der Waals surface area contributed by atoms with Gasteiger partial charge in [0.1, 0.15) is 5.70 Å². The maximum atomic E-state index is 13.0. The van der Waals surface area contributed by atoms with Crippen molar-refractivity contribution < 1.29 is 24.2 Å². The summed E-state index contributed by atoms with van der Waals surface area (Å²) in [6.45, 7) is 1.73. The summed E-state index contributed by atoms with van der Waals surface area (Å²) in [6, 6.07) is 14.2. The standard InChI is InChI=1S/C21H20N2O5S/c1-3-27-18-12-14(9-10-17(18)28-13-19(24)25)11-16-20(26)23(21(29)22(16)2)15-7-5-4-6-8-15/h4-12H,3,13H2,1-2H3,(H,24,25)/b16-11-. The number of carboxylic acids is 1. The number of thiocarbonyl (C=S) groups is 1. The van der Waals surface area contributed by atoms with E-state index in [0.29, 0.717) is 40.2 Å². The van der Waals surface area contributed by atoms with Crippen molar-refractivity contribution in [1.29, 1.82) is 0 Å². The molecule has 29 heavy (non-hydrogen) atoms. The second kappa shape index (κ2) is 8.74. The smallest absolute Gasteiger partial charge is 0.341 e. The van der Waals surface area contributed by atoms with Gasteiger partial charge in [-0.2, -0.15) is 0 Å². The van der Waals surface area contributed by atoms with Gasteiger partial charge < -0.3 is 19.5 Å². The summed E-state index contributed by atoms with van der Waals surface area (Å²) in [5, 5.41) is 9.19. The zero-order valence-corrected chi connectivity index (χ0v) is 16.8. The average molecular weight is 412 g/mol. The molecular weight excluding hydrogens is 392 g/mol. The van der Waals surface area contributed by atoms with Crippen molar-refractivity contribution >= 4 is 41.0 Å². The predicted octanol–water partition coefficient (Wildman–Crippen LogP) is 3.15. The van der Waals surface area contributed by atoms with E-state index in [1.54, 1.807) is 36.2 Å². The number of carbonyl (C=O) groups excluding carboxylic acids is 1. The van der Waals surface area contributed by atoms with E-state index >= 15 is 0 Å². The first kappa shape index (κ1) is 20.3. The van der Waals surface area contributed by atoms with Crippen LogP contribution in [0.15, 0.2) is 54.2 Å². The van der Waals surface area contributed by atoms with Crippen LogP contribution in [0.5, 0.6) is 11.5 Å². The summed E-state index contributed by atoms with van der Waals surface area (Å²) in [5.74, 6) is -0.582. The number of nitrogens with zero attached hydrogens (tertiary/aromatic N) is 2. The highest BCUT2D eigenvalue weighted by atomic mass is 32.1. The van der Waals surface area contributed by atoms with Gasteiger partial charge in [0, 0.05) is 7.05 Å². The molecule has 2 aromatic carbocycles. The fourth-order valence-electron chi connectivity index (χ4n) is 2.86. The van der Waals surface area contributed by atoms with Gasteiger partial charge in [-0.05, 0) is 55.0 Å². The van der Waals surface area contributed by atoms with Crippen molar-refractivity contribution in [1.82, 2.24) is 4.90 Å². The molecule has 1 amide bonds. The SMILES string of the molecule is CCOc1cc(/C=C2/C(=O)N(c3ccccc3)C(=S)N2C)ccc1OCC(=O)O.